The normalized spacial score (nSPS) is 11.3. The van der Waals surface area contributed by atoms with Gasteiger partial charge in [0.05, 0.1) is 6.54 Å². The summed E-state index contributed by atoms with van der Waals surface area (Å²) in [5.74, 6) is 1.74. The first-order valence-electron chi connectivity index (χ1n) is 7.54. The van der Waals surface area contributed by atoms with Gasteiger partial charge in [-0.15, -0.1) is 45.5 Å². The Balaban J connectivity index is 0.00000208. The molecule has 3 rings (SSSR count). The second-order valence-corrected chi connectivity index (χ2v) is 6.18. The van der Waals surface area contributed by atoms with Crippen molar-refractivity contribution >= 4 is 46.9 Å². The van der Waals surface area contributed by atoms with Crippen LogP contribution in [0.2, 0.25) is 0 Å². The number of rotatable bonds is 5. The van der Waals surface area contributed by atoms with Crippen LogP contribution >= 0.6 is 35.3 Å². The molecule has 3 heterocycles. The molecule has 0 saturated carbocycles. The molecule has 6 nitrogen and oxygen atoms in total. The Hall–Kier alpha value is -1.68. The Morgan fingerprint density at radius 1 is 1.25 bits per heavy atom. The maximum absolute atomic E-state index is 4.25. The van der Waals surface area contributed by atoms with Gasteiger partial charge < -0.3 is 10.6 Å². The van der Waals surface area contributed by atoms with Crippen LogP contribution in [0.25, 0.3) is 5.65 Å². The minimum Gasteiger partial charge on any atom is -0.356 e. The molecule has 128 valence electrons. The lowest BCUT2D eigenvalue weighted by molar-refractivity contribution is 0.762. The fourth-order valence-corrected chi connectivity index (χ4v) is 3.17. The zero-order valence-corrected chi connectivity index (χ0v) is 16.8. The quantitative estimate of drug-likeness (QED) is 0.352. The molecule has 0 amide bonds. The Labute approximate surface area is 162 Å². The fraction of sp³-hybridized carbons (Fsp3) is 0.312. The molecule has 0 saturated heterocycles. The number of hydrogen-bond acceptors (Lipinski definition) is 4. The predicted octanol–water partition coefficient (Wildman–Crippen LogP) is 2.62. The van der Waals surface area contributed by atoms with Crippen LogP contribution < -0.4 is 10.6 Å². The van der Waals surface area contributed by atoms with Gasteiger partial charge >= 0.3 is 0 Å². The van der Waals surface area contributed by atoms with Gasteiger partial charge in [0.2, 0.25) is 0 Å². The standard InChI is InChI=1S/C16H20N6S.HI/c1-12-7-10-23-13(12)11-19-16(17-2)18-8-6-15-21-20-14-5-3-4-9-22(14)15;/h3-5,7,9-10H,6,8,11H2,1-2H3,(H2,17,18,19);1H. The molecule has 2 N–H and O–H groups in total. The summed E-state index contributed by atoms with van der Waals surface area (Å²) in [7, 11) is 1.78. The first kappa shape index (κ1) is 18.7. The zero-order valence-electron chi connectivity index (χ0n) is 13.7. The number of fused-ring (bicyclic) bond motifs is 1. The molecule has 0 atom stereocenters. The van der Waals surface area contributed by atoms with E-state index in [0.717, 1.165) is 36.9 Å². The monoisotopic (exact) mass is 456 g/mol. The summed E-state index contributed by atoms with van der Waals surface area (Å²) in [4.78, 5) is 5.58. The van der Waals surface area contributed by atoms with Gasteiger partial charge in [-0.25, -0.2) is 0 Å². The molecule has 0 radical (unpaired) electrons. The fourth-order valence-electron chi connectivity index (χ4n) is 2.32. The van der Waals surface area contributed by atoms with E-state index in [1.54, 1.807) is 18.4 Å². The van der Waals surface area contributed by atoms with Gasteiger partial charge in [0.1, 0.15) is 5.82 Å². The van der Waals surface area contributed by atoms with Crippen molar-refractivity contribution in [1.82, 2.24) is 25.2 Å². The molecule has 0 bridgehead atoms. The number of nitrogens with one attached hydrogen (secondary N) is 2. The zero-order chi connectivity index (χ0) is 16.1. The number of aryl methyl sites for hydroxylation is 1. The highest BCUT2D eigenvalue weighted by Gasteiger charge is 2.05. The van der Waals surface area contributed by atoms with E-state index in [-0.39, 0.29) is 24.0 Å². The van der Waals surface area contributed by atoms with E-state index in [0.29, 0.717) is 0 Å². The van der Waals surface area contributed by atoms with Crippen LogP contribution in [0.4, 0.5) is 0 Å². The summed E-state index contributed by atoms with van der Waals surface area (Å²) in [5.41, 5.74) is 2.19. The molecule has 24 heavy (non-hydrogen) atoms. The second-order valence-electron chi connectivity index (χ2n) is 5.17. The summed E-state index contributed by atoms with van der Waals surface area (Å²) < 4.78 is 2.01. The Morgan fingerprint density at radius 2 is 2.12 bits per heavy atom. The first-order chi connectivity index (χ1) is 11.3. The maximum Gasteiger partial charge on any atom is 0.191 e. The first-order valence-corrected chi connectivity index (χ1v) is 8.42. The van der Waals surface area contributed by atoms with Crippen molar-refractivity contribution in [3.05, 3.63) is 52.1 Å². The van der Waals surface area contributed by atoms with Gasteiger partial charge in [-0.1, -0.05) is 6.07 Å². The van der Waals surface area contributed by atoms with Crippen LogP contribution in [-0.4, -0.2) is 34.2 Å². The molecule has 0 unspecified atom stereocenters. The van der Waals surface area contributed by atoms with Crippen molar-refractivity contribution in [3.63, 3.8) is 0 Å². The lowest BCUT2D eigenvalue weighted by Gasteiger charge is -2.11. The lowest BCUT2D eigenvalue weighted by Crippen LogP contribution is -2.38. The highest BCUT2D eigenvalue weighted by atomic mass is 127. The van der Waals surface area contributed by atoms with Gasteiger partial charge in [0.25, 0.3) is 0 Å². The largest absolute Gasteiger partial charge is 0.356 e. The van der Waals surface area contributed by atoms with Crippen LogP contribution in [0.5, 0.6) is 0 Å². The van der Waals surface area contributed by atoms with Crippen molar-refractivity contribution in [2.75, 3.05) is 13.6 Å². The highest BCUT2D eigenvalue weighted by Crippen LogP contribution is 2.14. The van der Waals surface area contributed by atoms with Crippen LogP contribution in [0, 0.1) is 6.92 Å². The van der Waals surface area contributed by atoms with Gasteiger partial charge in [-0.3, -0.25) is 9.39 Å². The number of halogens is 1. The van der Waals surface area contributed by atoms with E-state index >= 15 is 0 Å². The van der Waals surface area contributed by atoms with Gasteiger partial charge in [0.15, 0.2) is 11.6 Å². The maximum atomic E-state index is 4.25. The van der Waals surface area contributed by atoms with E-state index in [1.165, 1.54) is 10.4 Å². The van der Waals surface area contributed by atoms with Gasteiger partial charge in [-0.05, 0) is 36.1 Å². The minimum absolute atomic E-state index is 0. The Morgan fingerprint density at radius 3 is 2.88 bits per heavy atom. The van der Waals surface area contributed by atoms with E-state index < -0.39 is 0 Å². The molecule has 0 fully saturated rings. The summed E-state index contributed by atoms with van der Waals surface area (Å²) in [6, 6.07) is 8.03. The third-order valence-electron chi connectivity index (χ3n) is 3.63. The van der Waals surface area contributed by atoms with Crippen LogP contribution in [-0.2, 0) is 13.0 Å². The average Bonchev–Trinajstić information content (AvgIpc) is 3.17. The molecular formula is C16H21IN6S. The van der Waals surface area contributed by atoms with Crippen LogP contribution in [0.1, 0.15) is 16.3 Å². The highest BCUT2D eigenvalue weighted by molar-refractivity contribution is 14.0. The number of thiophene rings is 1. The number of aliphatic imine (C=N–C) groups is 1. The van der Waals surface area contributed by atoms with E-state index in [9.17, 15) is 0 Å². The van der Waals surface area contributed by atoms with Crippen molar-refractivity contribution in [3.8, 4) is 0 Å². The summed E-state index contributed by atoms with van der Waals surface area (Å²) in [6.45, 7) is 3.66. The third kappa shape index (κ3) is 4.44. The number of aromatic nitrogens is 3. The molecule has 0 spiro atoms. The third-order valence-corrected chi connectivity index (χ3v) is 4.66. The number of guanidine groups is 1. The molecule has 3 aromatic rings. The number of hydrogen-bond donors (Lipinski definition) is 2. The lowest BCUT2D eigenvalue weighted by atomic mass is 10.3. The smallest absolute Gasteiger partial charge is 0.191 e. The van der Waals surface area contributed by atoms with E-state index in [4.69, 9.17) is 0 Å². The topological polar surface area (TPSA) is 66.6 Å². The van der Waals surface area contributed by atoms with Crippen molar-refractivity contribution in [1.29, 1.82) is 0 Å². The molecule has 0 aromatic carbocycles. The van der Waals surface area contributed by atoms with Gasteiger partial charge in [-0.2, -0.15) is 0 Å². The van der Waals surface area contributed by atoms with Crippen molar-refractivity contribution in [2.45, 2.75) is 19.9 Å². The Bertz CT molecular complexity index is 810. The molecule has 0 aliphatic heterocycles. The predicted molar refractivity (Wildman–Crippen MR) is 109 cm³/mol. The van der Waals surface area contributed by atoms with E-state index in [1.807, 2.05) is 28.8 Å². The molecule has 0 aliphatic carbocycles. The number of nitrogens with zero attached hydrogens (tertiary/aromatic N) is 4. The molecular weight excluding hydrogens is 435 g/mol. The molecule has 3 aromatic heterocycles. The Kier molecular flexibility index (Phi) is 6.98. The number of pyridine rings is 1. The average molecular weight is 456 g/mol. The second kappa shape index (κ2) is 8.97. The summed E-state index contributed by atoms with van der Waals surface area (Å²) in [6.07, 6.45) is 2.77. The van der Waals surface area contributed by atoms with Crippen LogP contribution in [0.15, 0.2) is 40.8 Å². The molecule has 8 heteroatoms. The van der Waals surface area contributed by atoms with Crippen LogP contribution in [0.3, 0.4) is 0 Å². The molecule has 0 aliphatic rings. The summed E-state index contributed by atoms with van der Waals surface area (Å²) >= 11 is 1.76. The summed E-state index contributed by atoms with van der Waals surface area (Å²) in [5, 5.41) is 17.2. The SMILES string of the molecule is CN=C(NCCc1nnc2ccccn12)NCc1sccc1C.I. The van der Waals surface area contributed by atoms with E-state index in [2.05, 4.69) is 44.2 Å². The minimum atomic E-state index is 0. The van der Waals surface area contributed by atoms with Gasteiger partial charge in [0, 0.05) is 31.1 Å². The van der Waals surface area contributed by atoms with Crippen molar-refractivity contribution in [2.24, 2.45) is 4.99 Å². The van der Waals surface area contributed by atoms with Crippen molar-refractivity contribution < 1.29 is 0 Å².